The lowest BCUT2D eigenvalue weighted by atomic mass is 10.6. The van der Waals surface area contributed by atoms with Crippen LogP contribution in [-0.4, -0.2) is 14.9 Å². The van der Waals surface area contributed by atoms with E-state index in [2.05, 4.69) is 15.3 Å². The molecular formula is C8H8N4O2S2. The molecule has 0 aliphatic carbocycles. The van der Waals surface area contributed by atoms with E-state index >= 15 is 0 Å². The van der Waals surface area contributed by atoms with E-state index in [-0.39, 0.29) is 5.00 Å². The number of thiazole rings is 2. The van der Waals surface area contributed by atoms with Crippen LogP contribution in [0.1, 0.15) is 10.7 Å². The molecule has 0 aromatic carbocycles. The van der Waals surface area contributed by atoms with Crippen LogP contribution in [0.15, 0.2) is 11.6 Å². The molecule has 2 rings (SSSR count). The number of nitro groups is 1. The monoisotopic (exact) mass is 256 g/mol. The predicted octanol–water partition coefficient (Wildman–Crippen LogP) is 2.43. The van der Waals surface area contributed by atoms with Crippen molar-refractivity contribution in [2.45, 2.75) is 13.5 Å². The molecule has 0 saturated heterocycles. The summed E-state index contributed by atoms with van der Waals surface area (Å²) in [5.41, 5.74) is 0.979. The van der Waals surface area contributed by atoms with Gasteiger partial charge in [-0.3, -0.25) is 10.1 Å². The maximum absolute atomic E-state index is 10.4. The Morgan fingerprint density at radius 2 is 2.44 bits per heavy atom. The topological polar surface area (TPSA) is 81.0 Å². The zero-order valence-electron chi connectivity index (χ0n) is 8.34. The van der Waals surface area contributed by atoms with Gasteiger partial charge in [0.1, 0.15) is 11.2 Å². The van der Waals surface area contributed by atoms with Crippen molar-refractivity contribution in [1.82, 2.24) is 9.97 Å². The second kappa shape index (κ2) is 4.54. The molecule has 0 bridgehead atoms. The summed E-state index contributed by atoms with van der Waals surface area (Å²) in [6.45, 7) is 2.47. The van der Waals surface area contributed by atoms with Crippen LogP contribution < -0.4 is 5.32 Å². The van der Waals surface area contributed by atoms with Crippen molar-refractivity contribution in [3.8, 4) is 0 Å². The Balaban J connectivity index is 1.97. The molecule has 2 aromatic heterocycles. The Labute approximate surface area is 99.1 Å². The van der Waals surface area contributed by atoms with Gasteiger partial charge in [0, 0.05) is 11.1 Å². The van der Waals surface area contributed by atoms with E-state index in [9.17, 15) is 10.1 Å². The van der Waals surface area contributed by atoms with Crippen LogP contribution in [0.3, 0.4) is 0 Å². The molecular weight excluding hydrogens is 248 g/mol. The van der Waals surface area contributed by atoms with Gasteiger partial charge in [0.25, 0.3) is 0 Å². The average Bonchev–Trinajstić information content (AvgIpc) is 2.83. The van der Waals surface area contributed by atoms with Gasteiger partial charge >= 0.3 is 5.00 Å². The first kappa shape index (κ1) is 11.0. The summed E-state index contributed by atoms with van der Waals surface area (Å²) in [7, 11) is 0. The third-order valence-corrected chi connectivity index (χ3v) is 3.60. The molecule has 0 aliphatic heterocycles. The molecule has 0 atom stereocenters. The minimum atomic E-state index is -0.448. The Bertz CT molecular complexity index is 508. The van der Waals surface area contributed by atoms with E-state index < -0.39 is 4.92 Å². The van der Waals surface area contributed by atoms with Gasteiger partial charge in [0.2, 0.25) is 0 Å². The minimum absolute atomic E-state index is 0.0396. The van der Waals surface area contributed by atoms with E-state index in [1.807, 2.05) is 12.3 Å². The fraction of sp³-hybridized carbons (Fsp3) is 0.250. The van der Waals surface area contributed by atoms with E-state index in [0.29, 0.717) is 11.7 Å². The largest absolute Gasteiger partial charge is 0.355 e. The molecule has 0 spiro atoms. The van der Waals surface area contributed by atoms with E-state index in [0.717, 1.165) is 22.0 Å². The third-order valence-electron chi connectivity index (χ3n) is 1.73. The summed E-state index contributed by atoms with van der Waals surface area (Å²) < 4.78 is 0. The van der Waals surface area contributed by atoms with Crippen molar-refractivity contribution in [2.75, 3.05) is 5.32 Å². The summed E-state index contributed by atoms with van der Waals surface area (Å²) in [5, 5.41) is 16.9. The Kier molecular flexibility index (Phi) is 3.11. The van der Waals surface area contributed by atoms with Gasteiger partial charge in [-0.05, 0) is 18.3 Å². The van der Waals surface area contributed by atoms with Gasteiger partial charge in [-0.25, -0.2) is 9.97 Å². The standard InChI is InChI=1S/C8H8N4O2S2/c1-5-4-15-6(11-5)2-9-8-10-3-7(16-8)12(13)14/h3-4H,2H2,1H3,(H,9,10). The molecule has 0 saturated carbocycles. The van der Waals surface area contributed by atoms with Gasteiger partial charge in [-0.15, -0.1) is 11.3 Å². The normalized spacial score (nSPS) is 10.3. The fourth-order valence-electron chi connectivity index (χ4n) is 1.07. The maximum Gasteiger partial charge on any atom is 0.345 e. The highest BCUT2D eigenvalue weighted by Crippen LogP contribution is 2.25. The summed E-state index contributed by atoms with van der Waals surface area (Å²) in [6.07, 6.45) is 1.25. The second-order valence-corrected chi connectivity index (χ2v) is 4.95. The SMILES string of the molecule is Cc1csc(CNc2ncc([N+](=O)[O-])s2)n1. The summed E-state index contributed by atoms with van der Waals surface area (Å²) in [6, 6.07) is 0. The van der Waals surface area contributed by atoms with Crippen molar-refractivity contribution in [1.29, 1.82) is 0 Å². The van der Waals surface area contributed by atoms with Crippen LogP contribution in [0.2, 0.25) is 0 Å². The number of nitrogens with zero attached hydrogens (tertiary/aromatic N) is 3. The zero-order chi connectivity index (χ0) is 11.5. The molecule has 1 N–H and O–H groups in total. The molecule has 0 unspecified atom stereocenters. The second-order valence-electron chi connectivity index (χ2n) is 3.00. The number of rotatable bonds is 4. The highest BCUT2D eigenvalue weighted by atomic mass is 32.1. The van der Waals surface area contributed by atoms with Crippen LogP contribution in [0.25, 0.3) is 0 Å². The number of nitrogens with one attached hydrogen (secondary N) is 1. The third kappa shape index (κ3) is 2.52. The summed E-state index contributed by atoms with van der Waals surface area (Å²) >= 11 is 2.57. The first-order valence-corrected chi connectivity index (χ1v) is 6.10. The maximum atomic E-state index is 10.4. The van der Waals surface area contributed by atoms with E-state index in [4.69, 9.17) is 0 Å². The number of anilines is 1. The first-order valence-electron chi connectivity index (χ1n) is 4.40. The molecule has 16 heavy (non-hydrogen) atoms. The lowest BCUT2D eigenvalue weighted by Crippen LogP contribution is -1.97. The van der Waals surface area contributed by atoms with Gasteiger partial charge in [0.15, 0.2) is 5.13 Å². The van der Waals surface area contributed by atoms with Gasteiger partial charge in [-0.1, -0.05) is 0 Å². The summed E-state index contributed by atoms with van der Waals surface area (Å²) in [4.78, 5) is 18.2. The lowest BCUT2D eigenvalue weighted by molar-refractivity contribution is -0.380. The lowest BCUT2D eigenvalue weighted by Gasteiger charge is -1.96. The Morgan fingerprint density at radius 3 is 3.00 bits per heavy atom. The smallest absolute Gasteiger partial charge is 0.345 e. The van der Waals surface area contributed by atoms with Crippen molar-refractivity contribution in [3.63, 3.8) is 0 Å². The average molecular weight is 256 g/mol. The van der Waals surface area contributed by atoms with Crippen LogP contribution in [0, 0.1) is 17.0 Å². The Hall–Kier alpha value is -1.54. The quantitative estimate of drug-likeness (QED) is 0.671. The number of hydrogen-bond donors (Lipinski definition) is 1. The predicted molar refractivity (Wildman–Crippen MR) is 62.9 cm³/mol. The number of aromatic nitrogens is 2. The highest BCUT2D eigenvalue weighted by molar-refractivity contribution is 7.18. The molecule has 6 nitrogen and oxygen atoms in total. The van der Waals surface area contributed by atoms with E-state index in [1.54, 1.807) is 11.3 Å². The zero-order valence-corrected chi connectivity index (χ0v) is 9.97. The molecule has 0 aliphatic rings. The van der Waals surface area contributed by atoms with Crippen LogP contribution in [0.5, 0.6) is 0 Å². The number of aryl methyl sites for hydroxylation is 1. The summed E-state index contributed by atoms with van der Waals surface area (Å²) in [5.74, 6) is 0. The van der Waals surface area contributed by atoms with Gasteiger partial charge in [-0.2, -0.15) is 0 Å². The minimum Gasteiger partial charge on any atom is -0.355 e. The molecule has 2 aromatic rings. The molecule has 2 heterocycles. The molecule has 0 fully saturated rings. The fourth-order valence-corrected chi connectivity index (χ4v) is 2.41. The van der Waals surface area contributed by atoms with Crippen molar-refractivity contribution in [3.05, 3.63) is 32.4 Å². The van der Waals surface area contributed by atoms with Crippen LogP contribution in [0.4, 0.5) is 10.1 Å². The van der Waals surface area contributed by atoms with Gasteiger partial charge in [0.05, 0.1) is 11.5 Å². The Morgan fingerprint density at radius 1 is 1.62 bits per heavy atom. The van der Waals surface area contributed by atoms with Crippen molar-refractivity contribution in [2.24, 2.45) is 0 Å². The number of hydrogen-bond acceptors (Lipinski definition) is 7. The molecule has 8 heteroatoms. The van der Waals surface area contributed by atoms with Crippen molar-refractivity contribution < 1.29 is 4.92 Å². The van der Waals surface area contributed by atoms with E-state index in [1.165, 1.54) is 6.20 Å². The van der Waals surface area contributed by atoms with Crippen molar-refractivity contribution >= 4 is 32.8 Å². The van der Waals surface area contributed by atoms with Crippen LogP contribution >= 0.6 is 22.7 Å². The highest BCUT2D eigenvalue weighted by Gasteiger charge is 2.11. The van der Waals surface area contributed by atoms with Gasteiger partial charge < -0.3 is 5.32 Å². The molecule has 0 radical (unpaired) electrons. The van der Waals surface area contributed by atoms with Crippen LogP contribution in [-0.2, 0) is 6.54 Å². The molecule has 0 amide bonds. The first-order chi connectivity index (χ1) is 7.65. The molecule has 84 valence electrons.